The Labute approximate surface area is 109 Å². The number of benzene rings is 1. The van der Waals surface area contributed by atoms with E-state index in [0.29, 0.717) is 11.4 Å². The lowest BCUT2D eigenvalue weighted by Crippen LogP contribution is -1.96. The first kappa shape index (κ1) is 12.1. The Morgan fingerprint density at radius 3 is 2.83 bits per heavy atom. The Kier molecular flexibility index (Phi) is 3.93. The fraction of sp³-hybridized carbons (Fsp3) is 0. The van der Waals surface area contributed by atoms with Crippen LogP contribution >= 0.6 is 11.5 Å². The molecule has 92 valence electrons. The number of hydrogen-bond acceptors (Lipinski definition) is 6. The van der Waals surface area contributed by atoms with Crippen molar-refractivity contribution in [1.82, 2.24) is 14.3 Å². The van der Waals surface area contributed by atoms with Gasteiger partial charge in [0.2, 0.25) is 0 Å². The van der Waals surface area contributed by atoms with E-state index in [-0.39, 0.29) is 1.43 Å². The summed E-state index contributed by atoms with van der Waals surface area (Å²) >= 11 is 1.50. The van der Waals surface area contributed by atoms with E-state index in [0.717, 1.165) is 11.7 Å². The topological polar surface area (TPSA) is 88.5 Å². The van der Waals surface area contributed by atoms with Crippen LogP contribution in [0.4, 0.5) is 5.82 Å². The van der Waals surface area contributed by atoms with Crippen molar-refractivity contribution in [2.45, 2.75) is 0 Å². The van der Waals surface area contributed by atoms with Gasteiger partial charge in [0, 0.05) is 24.6 Å². The van der Waals surface area contributed by atoms with E-state index in [1.807, 2.05) is 18.2 Å². The van der Waals surface area contributed by atoms with E-state index in [9.17, 15) is 0 Å². The lowest BCUT2D eigenvalue weighted by molar-refractivity contribution is 1.17. The highest BCUT2D eigenvalue weighted by molar-refractivity contribution is 7.04. The summed E-state index contributed by atoms with van der Waals surface area (Å²) in [5.41, 5.74) is 6.98. The summed E-state index contributed by atoms with van der Waals surface area (Å²) in [7, 11) is 0. The highest BCUT2D eigenvalue weighted by atomic mass is 32.1. The van der Waals surface area contributed by atoms with Crippen molar-refractivity contribution in [2.24, 2.45) is 0 Å². The van der Waals surface area contributed by atoms with Gasteiger partial charge in [-0.1, -0.05) is 18.2 Å². The summed E-state index contributed by atoms with van der Waals surface area (Å²) in [6.07, 6.45) is 3.97. The highest BCUT2D eigenvalue weighted by Gasteiger charge is 1.91. The van der Waals surface area contributed by atoms with Crippen molar-refractivity contribution < 1.29 is 1.43 Å². The number of nitrogens with zero attached hydrogens (tertiary/aromatic N) is 3. The molecule has 2 aromatic heterocycles. The molecule has 0 fully saturated rings. The molecule has 0 bridgehead atoms. The maximum Gasteiger partial charge on any atom is 0.135 e. The summed E-state index contributed by atoms with van der Waals surface area (Å²) in [5.74, 6) is 0.347. The molecule has 0 saturated carbocycles. The molecule has 2 heterocycles. The normalized spacial score (nSPS) is 9.56. The zero-order chi connectivity index (χ0) is 12.8. The van der Waals surface area contributed by atoms with Crippen molar-refractivity contribution in [1.29, 1.82) is 5.41 Å². The van der Waals surface area contributed by atoms with Crippen molar-refractivity contribution in [2.75, 3.05) is 5.73 Å². The molecule has 0 aliphatic carbocycles. The second-order valence-electron chi connectivity index (χ2n) is 3.38. The zero-order valence-corrected chi connectivity index (χ0v) is 10.3. The van der Waals surface area contributed by atoms with Gasteiger partial charge in [-0.05, 0) is 17.6 Å². The second-order valence-corrected chi connectivity index (χ2v) is 4.01. The van der Waals surface area contributed by atoms with E-state index in [1.54, 1.807) is 0 Å². The van der Waals surface area contributed by atoms with Crippen LogP contribution in [0.3, 0.4) is 0 Å². The standard InChI is InChI=1S/C7H5NS.C5H6N4.H2/c1-2-4-7-6(3-1)5-9-8-7;6-1-4-2-8-3-9-5(4)7;/h1-5H;1-3,6H,(H2,7,8,9);1H. The van der Waals surface area contributed by atoms with Gasteiger partial charge in [-0.25, -0.2) is 9.97 Å². The van der Waals surface area contributed by atoms with Gasteiger partial charge in [0.15, 0.2) is 0 Å². The molecule has 0 aliphatic heterocycles. The zero-order valence-electron chi connectivity index (χ0n) is 9.45. The average Bonchev–Trinajstić information content (AvgIpc) is 2.88. The van der Waals surface area contributed by atoms with E-state index in [2.05, 4.69) is 25.8 Å². The highest BCUT2D eigenvalue weighted by Crippen LogP contribution is 2.12. The SMILES string of the molecule is N=Cc1cncnc1N.[HH].c1ccc2nscc2c1. The quantitative estimate of drug-likeness (QED) is 0.657. The molecule has 6 heteroatoms. The van der Waals surface area contributed by atoms with Crippen LogP contribution < -0.4 is 5.73 Å². The molecule has 3 aromatic rings. The van der Waals surface area contributed by atoms with Gasteiger partial charge in [0.25, 0.3) is 0 Å². The molecule has 0 aliphatic rings. The van der Waals surface area contributed by atoms with Crippen LogP contribution in [0.2, 0.25) is 0 Å². The maximum atomic E-state index is 6.80. The fourth-order valence-electron chi connectivity index (χ4n) is 1.27. The Morgan fingerprint density at radius 1 is 1.33 bits per heavy atom. The fourth-order valence-corrected chi connectivity index (χ4v) is 1.92. The number of fused-ring (bicyclic) bond motifs is 1. The first-order valence-electron chi connectivity index (χ1n) is 5.16. The van der Waals surface area contributed by atoms with Gasteiger partial charge in [-0.15, -0.1) is 0 Å². The van der Waals surface area contributed by atoms with E-state index >= 15 is 0 Å². The van der Waals surface area contributed by atoms with E-state index < -0.39 is 0 Å². The van der Waals surface area contributed by atoms with Crippen LogP contribution in [0.5, 0.6) is 0 Å². The van der Waals surface area contributed by atoms with Crippen molar-refractivity contribution in [3.8, 4) is 0 Å². The van der Waals surface area contributed by atoms with Gasteiger partial charge < -0.3 is 11.1 Å². The number of hydrogen-bond donors (Lipinski definition) is 2. The monoisotopic (exact) mass is 259 g/mol. The smallest absolute Gasteiger partial charge is 0.135 e. The van der Waals surface area contributed by atoms with E-state index in [1.165, 1.54) is 29.4 Å². The van der Waals surface area contributed by atoms with Crippen molar-refractivity contribution in [3.63, 3.8) is 0 Å². The van der Waals surface area contributed by atoms with Crippen LogP contribution in [0.15, 0.2) is 42.2 Å². The predicted octanol–water partition coefficient (Wildman–Crippen LogP) is 2.60. The Hall–Kier alpha value is -2.34. The molecule has 0 atom stereocenters. The number of nitrogens with one attached hydrogen (secondary N) is 1. The minimum atomic E-state index is 0. The van der Waals surface area contributed by atoms with Gasteiger partial charge in [0.1, 0.15) is 12.1 Å². The van der Waals surface area contributed by atoms with Crippen LogP contribution in [0.25, 0.3) is 10.9 Å². The summed E-state index contributed by atoms with van der Waals surface area (Å²) < 4.78 is 4.16. The molecule has 18 heavy (non-hydrogen) atoms. The molecule has 0 amide bonds. The number of nitrogens with two attached hydrogens (primary N) is 1. The molecular formula is C12H13N5S. The van der Waals surface area contributed by atoms with Crippen molar-refractivity contribution >= 4 is 34.5 Å². The van der Waals surface area contributed by atoms with Gasteiger partial charge >= 0.3 is 0 Å². The predicted molar refractivity (Wildman–Crippen MR) is 76.1 cm³/mol. The van der Waals surface area contributed by atoms with Gasteiger partial charge in [-0.2, -0.15) is 4.37 Å². The molecule has 3 N–H and O–H groups in total. The second kappa shape index (κ2) is 5.83. The number of anilines is 1. The molecular weight excluding hydrogens is 246 g/mol. The largest absolute Gasteiger partial charge is 0.383 e. The number of aromatic nitrogens is 3. The van der Waals surface area contributed by atoms with Crippen molar-refractivity contribution in [3.05, 3.63) is 47.7 Å². The maximum absolute atomic E-state index is 6.80. The minimum absolute atomic E-state index is 0. The molecule has 0 unspecified atom stereocenters. The van der Waals surface area contributed by atoms with Gasteiger partial charge in [-0.3, -0.25) is 0 Å². The lowest BCUT2D eigenvalue weighted by Gasteiger charge is -1.92. The summed E-state index contributed by atoms with van der Waals surface area (Å²) in [6, 6.07) is 8.11. The van der Waals surface area contributed by atoms with Crippen LogP contribution in [0.1, 0.15) is 6.99 Å². The summed E-state index contributed by atoms with van der Waals surface area (Å²) in [5, 5.41) is 10.1. The Balaban J connectivity index is 0.000000180. The molecule has 0 saturated heterocycles. The number of nitrogen functional groups attached to an aromatic ring is 1. The van der Waals surface area contributed by atoms with Gasteiger partial charge in [0.05, 0.1) is 11.1 Å². The third-order valence-corrected chi connectivity index (χ3v) is 2.86. The summed E-state index contributed by atoms with van der Waals surface area (Å²) in [6.45, 7) is 0. The first-order valence-corrected chi connectivity index (χ1v) is 6.00. The first-order chi connectivity index (χ1) is 8.81. The molecule has 3 rings (SSSR count). The van der Waals surface area contributed by atoms with Crippen LogP contribution in [-0.4, -0.2) is 20.6 Å². The third-order valence-electron chi connectivity index (χ3n) is 2.20. The molecule has 1 aromatic carbocycles. The molecule has 0 radical (unpaired) electrons. The number of rotatable bonds is 1. The van der Waals surface area contributed by atoms with Crippen LogP contribution in [-0.2, 0) is 0 Å². The average molecular weight is 259 g/mol. The summed E-state index contributed by atoms with van der Waals surface area (Å²) in [4.78, 5) is 7.34. The third kappa shape index (κ3) is 2.86. The molecule has 0 spiro atoms. The van der Waals surface area contributed by atoms with E-state index in [4.69, 9.17) is 11.1 Å². The molecule has 5 nitrogen and oxygen atoms in total. The Morgan fingerprint density at radius 2 is 2.17 bits per heavy atom. The van der Waals surface area contributed by atoms with Crippen LogP contribution in [0, 0.1) is 5.41 Å². The minimum Gasteiger partial charge on any atom is -0.383 e. The lowest BCUT2D eigenvalue weighted by atomic mass is 10.3. The Bertz CT molecular complexity index is 625.